The Morgan fingerprint density at radius 1 is 1.17 bits per heavy atom. The van der Waals surface area contributed by atoms with Crippen molar-refractivity contribution in [2.75, 3.05) is 0 Å². The third-order valence-electron chi connectivity index (χ3n) is 4.26. The van der Waals surface area contributed by atoms with Crippen LogP contribution in [0.15, 0.2) is 18.2 Å². The summed E-state index contributed by atoms with van der Waals surface area (Å²) in [5.74, 6) is 2.95. The molecule has 0 aliphatic carbocycles. The van der Waals surface area contributed by atoms with Crippen LogP contribution in [0.2, 0.25) is 0 Å². The Morgan fingerprint density at radius 3 is 2.43 bits per heavy atom. The molecule has 1 unspecified atom stereocenters. The quantitative estimate of drug-likeness (QED) is 0.643. The van der Waals surface area contributed by atoms with Gasteiger partial charge in [-0.2, -0.15) is 11.8 Å². The fourth-order valence-electron chi connectivity index (χ4n) is 2.73. The van der Waals surface area contributed by atoms with Gasteiger partial charge in [-0.25, -0.2) is 4.98 Å². The van der Waals surface area contributed by atoms with Crippen molar-refractivity contribution in [1.82, 2.24) is 9.55 Å². The van der Waals surface area contributed by atoms with Crippen molar-refractivity contribution in [3.05, 3.63) is 29.6 Å². The van der Waals surface area contributed by atoms with Crippen molar-refractivity contribution in [3.8, 4) is 0 Å². The second-order valence-electron chi connectivity index (χ2n) is 7.99. The molecule has 1 aromatic carbocycles. The summed E-state index contributed by atoms with van der Waals surface area (Å²) in [6.07, 6.45) is 1.20. The molecule has 0 N–H and O–H groups in total. The van der Waals surface area contributed by atoms with Crippen molar-refractivity contribution in [1.29, 1.82) is 0 Å². The zero-order valence-electron chi connectivity index (χ0n) is 15.8. The van der Waals surface area contributed by atoms with Gasteiger partial charge in [-0.15, -0.1) is 0 Å². The lowest BCUT2D eigenvalue weighted by molar-refractivity contribution is 0.431. The van der Waals surface area contributed by atoms with Crippen molar-refractivity contribution < 1.29 is 0 Å². The molecular formula is C20H32N2S. The molecule has 1 heterocycles. The first-order valence-electron chi connectivity index (χ1n) is 8.83. The Hall–Kier alpha value is -0.960. The number of thioether (sulfide) groups is 1. The monoisotopic (exact) mass is 332 g/mol. The van der Waals surface area contributed by atoms with Gasteiger partial charge in [0.15, 0.2) is 0 Å². The fourth-order valence-corrected chi connectivity index (χ4v) is 3.43. The summed E-state index contributed by atoms with van der Waals surface area (Å²) in [7, 11) is 0. The smallest absolute Gasteiger partial charge is 0.115 e. The molecule has 0 aliphatic rings. The van der Waals surface area contributed by atoms with Crippen LogP contribution in [-0.2, 0) is 17.7 Å². The Balaban J connectivity index is 2.44. The van der Waals surface area contributed by atoms with E-state index in [9.17, 15) is 0 Å². The molecule has 2 nitrogen and oxygen atoms in total. The van der Waals surface area contributed by atoms with Crippen LogP contribution in [0, 0.1) is 5.92 Å². The molecular weight excluding hydrogens is 300 g/mol. The van der Waals surface area contributed by atoms with Crippen molar-refractivity contribution in [2.24, 2.45) is 5.92 Å². The van der Waals surface area contributed by atoms with Crippen LogP contribution in [0.1, 0.15) is 66.3 Å². The highest BCUT2D eigenvalue weighted by Crippen LogP contribution is 2.29. The van der Waals surface area contributed by atoms with E-state index in [4.69, 9.17) is 4.98 Å². The van der Waals surface area contributed by atoms with E-state index in [-0.39, 0.29) is 5.41 Å². The van der Waals surface area contributed by atoms with E-state index in [1.165, 1.54) is 23.3 Å². The predicted molar refractivity (Wildman–Crippen MR) is 104 cm³/mol. The van der Waals surface area contributed by atoms with Crippen LogP contribution in [0.3, 0.4) is 0 Å². The van der Waals surface area contributed by atoms with Crippen molar-refractivity contribution >= 4 is 22.8 Å². The molecule has 128 valence electrons. The van der Waals surface area contributed by atoms with Gasteiger partial charge >= 0.3 is 0 Å². The average molecular weight is 333 g/mol. The van der Waals surface area contributed by atoms with Crippen molar-refractivity contribution in [3.63, 3.8) is 0 Å². The normalized spacial score (nSPS) is 13.9. The molecule has 1 atom stereocenters. The van der Waals surface area contributed by atoms with Gasteiger partial charge in [0.25, 0.3) is 0 Å². The zero-order valence-corrected chi connectivity index (χ0v) is 16.6. The van der Waals surface area contributed by atoms with E-state index in [1.807, 2.05) is 11.8 Å². The van der Waals surface area contributed by atoms with Gasteiger partial charge in [0.1, 0.15) is 5.82 Å². The molecule has 0 bridgehead atoms. The maximum Gasteiger partial charge on any atom is 0.115 e. The topological polar surface area (TPSA) is 17.8 Å². The summed E-state index contributed by atoms with van der Waals surface area (Å²) in [6, 6.07) is 6.84. The Labute approximate surface area is 146 Å². The van der Waals surface area contributed by atoms with E-state index >= 15 is 0 Å². The van der Waals surface area contributed by atoms with Gasteiger partial charge in [-0.05, 0) is 28.9 Å². The van der Waals surface area contributed by atoms with Gasteiger partial charge < -0.3 is 4.57 Å². The number of rotatable bonds is 6. The molecule has 2 rings (SSSR count). The third-order valence-corrected chi connectivity index (χ3v) is 5.42. The van der Waals surface area contributed by atoms with Crippen LogP contribution < -0.4 is 0 Å². The molecule has 0 radical (unpaired) electrons. The largest absolute Gasteiger partial charge is 0.327 e. The Morgan fingerprint density at radius 2 is 1.87 bits per heavy atom. The number of hydrogen-bond donors (Lipinski definition) is 0. The summed E-state index contributed by atoms with van der Waals surface area (Å²) in [5.41, 5.74) is 3.89. The van der Waals surface area contributed by atoms with Gasteiger partial charge in [0.05, 0.1) is 11.0 Å². The van der Waals surface area contributed by atoms with Crippen LogP contribution in [0.25, 0.3) is 11.0 Å². The molecule has 0 spiro atoms. The lowest BCUT2D eigenvalue weighted by atomic mass is 9.95. The fraction of sp³-hybridized carbons (Fsp3) is 0.650. The Bertz CT molecular complexity index is 649. The predicted octanol–water partition coefficient (Wildman–Crippen LogP) is 6.02. The van der Waals surface area contributed by atoms with Gasteiger partial charge in [-0.1, -0.05) is 61.0 Å². The summed E-state index contributed by atoms with van der Waals surface area (Å²) >= 11 is 1.99. The molecule has 3 heteroatoms. The number of imidazole rings is 1. The molecule has 2 aromatic rings. The minimum atomic E-state index is 0.0688. The first-order valence-corrected chi connectivity index (χ1v) is 9.88. The van der Waals surface area contributed by atoms with E-state index in [1.54, 1.807) is 0 Å². The molecule has 0 saturated carbocycles. The highest BCUT2D eigenvalue weighted by Gasteiger charge is 2.23. The molecule has 0 aliphatic heterocycles. The third kappa shape index (κ3) is 4.53. The maximum atomic E-state index is 5.01. The summed E-state index contributed by atoms with van der Waals surface area (Å²) in [6.45, 7) is 16.9. The second kappa shape index (κ2) is 7.29. The van der Waals surface area contributed by atoms with Crippen LogP contribution in [-0.4, -0.2) is 14.8 Å². The highest BCUT2D eigenvalue weighted by molar-refractivity contribution is 7.99. The molecule has 0 amide bonds. The highest BCUT2D eigenvalue weighted by atomic mass is 32.2. The van der Waals surface area contributed by atoms with E-state index in [0.717, 1.165) is 17.8 Å². The lowest BCUT2D eigenvalue weighted by Gasteiger charge is -2.22. The minimum absolute atomic E-state index is 0.0688. The van der Waals surface area contributed by atoms with Gasteiger partial charge in [-0.3, -0.25) is 0 Å². The number of hydrogen-bond acceptors (Lipinski definition) is 2. The number of benzene rings is 1. The van der Waals surface area contributed by atoms with E-state index in [2.05, 4.69) is 71.2 Å². The van der Waals surface area contributed by atoms with Gasteiger partial charge in [0, 0.05) is 17.7 Å². The SMILES string of the molecule is CCC(C)Cn1c(C(C)(C)C)nc2cc(CSC(C)C)ccc21. The zero-order chi connectivity index (χ0) is 17.2. The number of fused-ring (bicyclic) bond motifs is 1. The summed E-state index contributed by atoms with van der Waals surface area (Å²) in [5, 5.41) is 0.666. The lowest BCUT2D eigenvalue weighted by Crippen LogP contribution is -2.21. The number of nitrogens with zero attached hydrogens (tertiary/aromatic N) is 2. The van der Waals surface area contributed by atoms with Crippen LogP contribution in [0.5, 0.6) is 0 Å². The standard InChI is InChI=1S/C20H32N2S/c1-8-15(4)12-22-18-10-9-16(13-23-14(2)3)11-17(18)21-19(22)20(5,6)7/h9-11,14-15H,8,12-13H2,1-7H3. The van der Waals surface area contributed by atoms with Crippen molar-refractivity contribution in [2.45, 2.75) is 77.8 Å². The van der Waals surface area contributed by atoms with Crippen LogP contribution >= 0.6 is 11.8 Å². The number of aromatic nitrogens is 2. The minimum Gasteiger partial charge on any atom is -0.327 e. The molecule has 0 fully saturated rings. The first-order chi connectivity index (χ1) is 10.7. The Kier molecular flexibility index (Phi) is 5.83. The molecule has 23 heavy (non-hydrogen) atoms. The molecule has 0 saturated heterocycles. The average Bonchev–Trinajstić information content (AvgIpc) is 2.83. The van der Waals surface area contributed by atoms with Gasteiger partial charge in [0.2, 0.25) is 0 Å². The van der Waals surface area contributed by atoms with Crippen LogP contribution in [0.4, 0.5) is 0 Å². The summed E-state index contributed by atoms with van der Waals surface area (Å²) in [4.78, 5) is 5.01. The maximum absolute atomic E-state index is 5.01. The summed E-state index contributed by atoms with van der Waals surface area (Å²) < 4.78 is 2.45. The van der Waals surface area contributed by atoms with E-state index < -0.39 is 0 Å². The first kappa shape index (κ1) is 18.4. The second-order valence-corrected chi connectivity index (χ2v) is 9.56. The molecule has 1 aromatic heterocycles. The van der Waals surface area contributed by atoms with E-state index in [0.29, 0.717) is 11.2 Å².